The monoisotopic (exact) mass is 346 g/mol. The van der Waals surface area contributed by atoms with E-state index in [0.717, 1.165) is 18.2 Å². The minimum Gasteiger partial charge on any atom is -0.474 e. The van der Waals surface area contributed by atoms with Crippen molar-refractivity contribution in [2.75, 3.05) is 5.75 Å². The first-order chi connectivity index (χ1) is 11.5. The lowest BCUT2D eigenvalue weighted by atomic mass is 10.2. The quantitative estimate of drug-likeness (QED) is 0.851. The molecule has 1 fully saturated rings. The third kappa shape index (κ3) is 2.84. The van der Waals surface area contributed by atoms with Gasteiger partial charge in [-0.15, -0.1) is 0 Å². The molecule has 6 nitrogen and oxygen atoms in total. The lowest BCUT2D eigenvalue weighted by Gasteiger charge is -2.14. The average Bonchev–Trinajstić information content (AvgIpc) is 3.17. The first-order valence-corrected chi connectivity index (χ1v) is 9.82. The second kappa shape index (κ2) is 5.73. The summed E-state index contributed by atoms with van der Waals surface area (Å²) in [5.41, 5.74) is -0.237. The number of allylic oxidation sites excluding steroid dienone is 1. The molecular weight excluding hydrogens is 328 g/mol. The summed E-state index contributed by atoms with van der Waals surface area (Å²) in [5.74, 6) is 0.462. The van der Waals surface area contributed by atoms with Gasteiger partial charge in [-0.05, 0) is 43.2 Å². The Balaban J connectivity index is 1.67. The zero-order chi connectivity index (χ0) is 16.7. The van der Waals surface area contributed by atoms with Crippen molar-refractivity contribution in [3.8, 4) is 5.88 Å². The highest BCUT2D eigenvalue weighted by Gasteiger charge is 2.24. The Bertz CT molecular complexity index is 972. The predicted octanol–water partition coefficient (Wildman–Crippen LogP) is 2.20. The Labute approximate surface area is 139 Å². The van der Waals surface area contributed by atoms with Crippen molar-refractivity contribution in [2.45, 2.75) is 37.8 Å². The molecule has 0 spiro atoms. The molecule has 0 saturated heterocycles. The Morgan fingerprint density at radius 1 is 1.25 bits per heavy atom. The van der Waals surface area contributed by atoms with Gasteiger partial charge in [0.2, 0.25) is 5.88 Å². The second-order valence-electron chi connectivity index (χ2n) is 6.39. The molecule has 7 heteroatoms. The van der Waals surface area contributed by atoms with Crippen LogP contribution in [0.3, 0.4) is 0 Å². The van der Waals surface area contributed by atoms with Crippen LogP contribution in [0.15, 0.2) is 40.8 Å². The molecule has 0 bridgehead atoms. The number of nitrogens with zero attached hydrogens (tertiary/aromatic N) is 2. The molecular formula is C17H18N2O4S. The normalized spacial score (nSPS) is 23.1. The molecule has 1 atom stereocenters. The van der Waals surface area contributed by atoms with E-state index < -0.39 is 15.9 Å². The summed E-state index contributed by atoms with van der Waals surface area (Å²) in [5, 5.41) is 2.39. The van der Waals surface area contributed by atoms with Crippen LogP contribution in [0.5, 0.6) is 5.88 Å². The van der Waals surface area contributed by atoms with Crippen LogP contribution in [0.1, 0.15) is 31.7 Å². The second-order valence-corrected chi connectivity index (χ2v) is 8.32. The highest BCUT2D eigenvalue weighted by atomic mass is 32.2. The molecule has 2 aromatic rings. The number of rotatable bonds is 3. The molecule has 0 N–H and O–H groups in total. The Morgan fingerprint density at radius 3 is 2.75 bits per heavy atom. The van der Waals surface area contributed by atoms with Crippen molar-refractivity contribution in [1.82, 2.24) is 9.55 Å². The van der Waals surface area contributed by atoms with Gasteiger partial charge in [0, 0.05) is 23.9 Å². The van der Waals surface area contributed by atoms with Crippen molar-refractivity contribution in [1.29, 1.82) is 0 Å². The smallest absolute Gasteiger partial charge is 0.260 e. The number of fused-ring (bicyclic) bond motifs is 1. The Kier molecular flexibility index (Phi) is 3.68. The molecule has 1 unspecified atom stereocenters. The Morgan fingerprint density at radius 2 is 2.04 bits per heavy atom. The molecule has 0 amide bonds. The molecule has 2 aromatic heterocycles. The molecule has 1 aliphatic carbocycles. The maximum Gasteiger partial charge on any atom is 0.260 e. The van der Waals surface area contributed by atoms with Gasteiger partial charge in [0.15, 0.2) is 9.84 Å². The van der Waals surface area contributed by atoms with Crippen LogP contribution in [0.4, 0.5) is 0 Å². The van der Waals surface area contributed by atoms with Gasteiger partial charge in [-0.2, -0.15) is 0 Å². The van der Waals surface area contributed by atoms with E-state index in [9.17, 15) is 13.2 Å². The lowest BCUT2D eigenvalue weighted by molar-refractivity contribution is 0.202. The zero-order valence-electron chi connectivity index (χ0n) is 13.1. The molecule has 1 aliphatic heterocycles. The van der Waals surface area contributed by atoms with Crippen LogP contribution < -0.4 is 10.3 Å². The third-order valence-electron chi connectivity index (χ3n) is 4.65. The fourth-order valence-electron chi connectivity index (χ4n) is 3.37. The summed E-state index contributed by atoms with van der Waals surface area (Å²) in [4.78, 5) is 16.9. The summed E-state index contributed by atoms with van der Waals surface area (Å²) >= 11 is 0. The fourth-order valence-corrected chi connectivity index (χ4v) is 4.65. The van der Waals surface area contributed by atoms with E-state index >= 15 is 0 Å². The number of ether oxygens (including phenoxy) is 1. The Hall–Kier alpha value is -2.15. The van der Waals surface area contributed by atoms with Gasteiger partial charge in [0.25, 0.3) is 5.56 Å². The van der Waals surface area contributed by atoms with E-state index in [1.807, 2.05) is 0 Å². The number of sulfone groups is 1. The van der Waals surface area contributed by atoms with Crippen LogP contribution in [0.2, 0.25) is 0 Å². The summed E-state index contributed by atoms with van der Waals surface area (Å²) in [6.45, 7) is 0. The van der Waals surface area contributed by atoms with E-state index in [1.54, 1.807) is 24.4 Å². The van der Waals surface area contributed by atoms with Gasteiger partial charge >= 0.3 is 0 Å². The highest BCUT2D eigenvalue weighted by Crippen LogP contribution is 2.25. The van der Waals surface area contributed by atoms with Gasteiger partial charge < -0.3 is 9.30 Å². The zero-order valence-corrected chi connectivity index (χ0v) is 13.9. The van der Waals surface area contributed by atoms with Crippen LogP contribution in [0.25, 0.3) is 10.8 Å². The number of hydrogen-bond donors (Lipinski definition) is 0. The summed E-state index contributed by atoms with van der Waals surface area (Å²) in [6, 6.07) is 3.13. The number of hydrogen-bond acceptors (Lipinski definition) is 5. The fraction of sp³-hybridized carbons (Fsp3) is 0.412. The van der Waals surface area contributed by atoms with Crippen LogP contribution in [-0.4, -0.2) is 29.8 Å². The van der Waals surface area contributed by atoms with Crippen molar-refractivity contribution < 1.29 is 13.2 Å². The summed E-state index contributed by atoms with van der Waals surface area (Å²) < 4.78 is 30.5. The maximum absolute atomic E-state index is 12.6. The molecule has 3 heterocycles. The highest BCUT2D eigenvalue weighted by molar-refractivity contribution is 7.94. The molecule has 4 rings (SSSR count). The molecule has 0 radical (unpaired) electrons. The average molecular weight is 346 g/mol. The number of aromatic nitrogens is 2. The first-order valence-electron chi connectivity index (χ1n) is 8.10. The summed E-state index contributed by atoms with van der Waals surface area (Å²) in [6.07, 6.45) is 9.37. The van der Waals surface area contributed by atoms with Crippen LogP contribution >= 0.6 is 0 Å². The van der Waals surface area contributed by atoms with Crippen molar-refractivity contribution in [3.63, 3.8) is 0 Å². The minimum atomic E-state index is -3.21. The minimum absolute atomic E-state index is 0.0747. The van der Waals surface area contributed by atoms with Crippen molar-refractivity contribution >= 4 is 20.6 Å². The van der Waals surface area contributed by atoms with Gasteiger partial charge in [-0.3, -0.25) is 4.79 Å². The van der Waals surface area contributed by atoms with Gasteiger partial charge in [-0.1, -0.05) is 0 Å². The maximum atomic E-state index is 12.6. The van der Waals surface area contributed by atoms with Crippen LogP contribution in [0, 0.1) is 0 Å². The first kappa shape index (κ1) is 15.4. The van der Waals surface area contributed by atoms with E-state index in [4.69, 9.17) is 4.74 Å². The number of pyridine rings is 2. The van der Waals surface area contributed by atoms with E-state index in [1.165, 1.54) is 29.0 Å². The third-order valence-corrected chi connectivity index (χ3v) is 6.03. The van der Waals surface area contributed by atoms with E-state index in [-0.39, 0.29) is 17.4 Å². The van der Waals surface area contributed by atoms with Crippen molar-refractivity contribution in [2.24, 2.45) is 0 Å². The van der Waals surface area contributed by atoms with Gasteiger partial charge in [-0.25, -0.2) is 13.4 Å². The SMILES string of the molecule is O=c1c2cnc(OC3CCCC3)cc2ccn1C1C=CS(=O)(=O)C1. The molecule has 2 aliphatic rings. The molecule has 24 heavy (non-hydrogen) atoms. The summed E-state index contributed by atoms with van der Waals surface area (Å²) in [7, 11) is -3.21. The molecule has 1 saturated carbocycles. The topological polar surface area (TPSA) is 78.3 Å². The molecule has 0 aromatic carbocycles. The van der Waals surface area contributed by atoms with Crippen LogP contribution in [-0.2, 0) is 9.84 Å². The van der Waals surface area contributed by atoms with E-state index in [2.05, 4.69) is 4.98 Å². The lowest BCUT2D eigenvalue weighted by Crippen LogP contribution is -2.25. The van der Waals surface area contributed by atoms with E-state index in [0.29, 0.717) is 11.3 Å². The predicted molar refractivity (Wildman–Crippen MR) is 90.9 cm³/mol. The molecule has 126 valence electrons. The van der Waals surface area contributed by atoms with Gasteiger partial charge in [0.05, 0.1) is 17.2 Å². The standard InChI is InChI=1S/C17H18N2O4S/c20-17-15-10-18-16(23-14-3-1-2-4-14)9-12(15)5-7-19(17)13-6-8-24(21,22)11-13/h5-10,13-14H,1-4,11H2. The largest absolute Gasteiger partial charge is 0.474 e. The van der Waals surface area contributed by atoms with Gasteiger partial charge in [0.1, 0.15) is 6.10 Å². The van der Waals surface area contributed by atoms with Crippen molar-refractivity contribution in [3.05, 3.63) is 46.4 Å².